The zero-order chi connectivity index (χ0) is 9.84. The smallest absolute Gasteiger partial charge is 0.339 e. The maximum Gasteiger partial charge on any atom is 0.339 e. The van der Waals surface area contributed by atoms with Crippen molar-refractivity contribution in [2.45, 2.75) is 6.92 Å². The van der Waals surface area contributed by atoms with E-state index in [1.54, 1.807) is 19.1 Å². The molecule has 0 radical (unpaired) electrons. The number of rotatable bonds is 3. The van der Waals surface area contributed by atoms with Crippen molar-refractivity contribution in [1.29, 1.82) is 0 Å². The molecule has 0 saturated carbocycles. The van der Waals surface area contributed by atoms with Crippen LogP contribution < -0.4 is 4.74 Å². The normalized spacial score (nSPS) is 9.31. The molecule has 0 aliphatic carbocycles. The van der Waals surface area contributed by atoms with Crippen LogP contribution in [-0.2, 0) is 4.79 Å². The lowest BCUT2D eigenvalue weighted by molar-refractivity contribution is -0.120. The van der Waals surface area contributed by atoms with E-state index in [9.17, 15) is 9.59 Å². The van der Waals surface area contributed by atoms with Crippen molar-refractivity contribution in [2.24, 2.45) is 0 Å². The van der Waals surface area contributed by atoms with Crippen LogP contribution in [0.25, 0.3) is 0 Å². The van der Waals surface area contributed by atoms with Gasteiger partial charge in [-0.15, -0.1) is 0 Å². The van der Waals surface area contributed by atoms with E-state index in [4.69, 9.17) is 5.11 Å². The van der Waals surface area contributed by atoms with Crippen molar-refractivity contribution < 1.29 is 19.4 Å². The number of carbonyl (C=O) groups excluding carboxylic acids is 1. The van der Waals surface area contributed by atoms with Crippen LogP contribution in [-0.4, -0.2) is 17.5 Å². The van der Waals surface area contributed by atoms with Crippen LogP contribution >= 0.6 is 0 Å². The summed E-state index contributed by atoms with van der Waals surface area (Å²) in [7, 11) is 0. The third-order valence-electron chi connectivity index (χ3n) is 1.61. The lowest BCUT2D eigenvalue weighted by Crippen LogP contribution is -2.03. The maximum atomic E-state index is 10.7. The molecule has 0 aliphatic heterocycles. The average Bonchev–Trinajstić information content (AvgIpc) is 2.08. The Hall–Kier alpha value is -1.84. The van der Waals surface area contributed by atoms with Crippen molar-refractivity contribution >= 4 is 12.4 Å². The molecule has 0 amide bonds. The number of benzene rings is 1. The largest absolute Gasteiger partial charge is 0.478 e. The Morgan fingerprint density at radius 3 is 2.77 bits per heavy atom. The summed E-state index contributed by atoms with van der Waals surface area (Å²) in [6.07, 6.45) is 0. The van der Waals surface area contributed by atoms with Gasteiger partial charge in [0.25, 0.3) is 6.47 Å². The first-order chi connectivity index (χ1) is 6.16. The molecule has 0 saturated heterocycles. The van der Waals surface area contributed by atoms with Gasteiger partial charge in [-0.05, 0) is 18.6 Å². The number of aryl methyl sites for hydroxylation is 1. The topological polar surface area (TPSA) is 63.6 Å². The molecule has 0 atom stereocenters. The fourth-order valence-corrected chi connectivity index (χ4v) is 1.03. The number of aromatic carboxylic acids is 1. The average molecular weight is 180 g/mol. The van der Waals surface area contributed by atoms with Crippen molar-refractivity contribution in [1.82, 2.24) is 0 Å². The first kappa shape index (κ1) is 9.25. The molecule has 68 valence electrons. The summed E-state index contributed by atoms with van der Waals surface area (Å²) in [4.78, 5) is 20.7. The molecule has 0 aliphatic rings. The number of para-hydroxylation sites is 1. The van der Waals surface area contributed by atoms with Gasteiger partial charge in [-0.3, -0.25) is 4.79 Å². The summed E-state index contributed by atoms with van der Waals surface area (Å²) in [5.74, 6) is -1.01. The number of hydrogen-bond donors (Lipinski definition) is 1. The first-order valence-corrected chi connectivity index (χ1v) is 3.60. The minimum atomic E-state index is -1.11. The van der Waals surface area contributed by atoms with Crippen LogP contribution in [0.15, 0.2) is 18.2 Å². The third kappa shape index (κ3) is 1.84. The zero-order valence-electron chi connectivity index (χ0n) is 6.98. The lowest BCUT2D eigenvalue weighted by Gasteiger charge is -2.05. The number of carbonyl (C=O) groups is 2. The van der Waals surface area contributed by atoms with E-state index in [1.807, 2.05) is 0 Å². The summed E-state index contributed by atoms with van der Waals surface area (Å²) in [5.41, 5.74) is 0.610. The van der Waals surface area contributed by atoms with E-state index in [-0.39, 0.29) is 17.8 Å². The molecular weight excluding hydrogens is 172 g/mol. The second-order valence-electron chi connectivity index (χ2n) is 2.47. The molecule has 1 aromatic carbocycles. The maximum absolute atomic E-state index is 10.7. The highest BCUT2D eigenvalue weighted by Gasteiger charge is 2.12. The van der Waals surface area contributed by atoms with Crippen molar-refractivity contribution in [2.75, 3.05) is 0 Å². The van der Waals surface area contributed by atoms with E-state index >= 15 is 0 Å². The third-order valence-corrected chi connectivity index (χ3v) is 1.61. The molecule has 1 rings (SSSR count). The number of hydrogen-bond acceptors (Lipinski definition) is 3. The SMILES string of the molecule is Cc1cccc(C(=O)O)c1OC=O. The van der Waals surface area contributed by atoms with E-state index in [2.05, 4.69) is 4.74 Å². The van der Waals surface area contributed by atoms with Crippen LogP contribution in [0.3, 0.4) is 0 Å². The van der Waals surface area contributed by atoms with Crippen LogP contribution in [0.1, 0.15) is 15.9 Å². The van der Waals surface area contributed by atoms with E-state index < -0.39 is 5.97 Å². The van der Waals surface area contributed by atoms with Gasteiger partial charge in [-0.1, -0.05) is 12.1 Å². The molecule has 1 aromatic rings. The molecule has 4 heteroatoms. The van der Waals surface area contributed by atoms with E-state index in [0.717, 1.165) is 0 Å². The van der Waals surface area contributed by atoms with E-state index in [1.165, 1.54) is 6.07 Å². The highest BCUT2D eigenvalue weighted by molar-refractivity contribution is 5.91. The van der Waals surface area contributed by atoms with Gasteiger partial charge in [0.05, 0.1) is 0 Å². The van der Waals surface area contributed by atoms with Gasteiger partial charge in [0, 0.05) is 0 Å². The highest BCUT2D eigenvalue weighted by Crippen LogP contribution is 2.22. The molecule has 13 heavy (non-hydrogen) atoms. The highest BCUT2D eigenvalue weighted by atomic mass is 16.5. The molecule has 0 bridgehead atoms. The second kappa shape index (κ2) is 3.71. The molecule has 0 aromatic heterocycles. The summed E-state index contributed by atoms with van der Waals surface area (Å²) in [5, 5.41) is 8.72. The Bertz CT molecular complexity index is 343. The fraction of sp³-hybridized carbons (Fsp3) is 0.111. The quantitative estimate of drug-likeness (QED) is 0.710. The summed E-state index contributed by atoms with van der Waals surface area (Å²) in [6, 6.07) is 4.65. The first-order valence-electron chi connectivity index (χ1n) is 3.60. The van der Waals surface area contributed by atoms with Crippen LogP contribution in [0.4, 0.5) is 0 Å². The van der Waals surface area contributed by atoms with Crippen molar-refractivity contribution in [3.8, 4) is 5.75 Å². The van der Waals surface area contributed by atoms with Gasteiger partial charge in [0.1, 0.15) is 11.3 Å². The van der Waals surface area contributed by atoms with Crippen LogP contribution in [0.5, 0.6) is 5.75 Å². The van der Waals surface area contributed by atoms with E-state index in [0.29, 0.717) is 5.56 Å². The molecule has 4 nitrogen and oxygen atoms in total. The predicted octanol–water partition coefficient (Wildman–Crippen LogP) is 1.23. The summed E-state index contributed by atoms with van der Waals surface area (Å²) < 4.78 is 4.57. The zero-order valence-corrected chi connectivity index (χ0v) is 6.98. The fourth-order valence-electron chi connectivity index (χ4n) is 1.03. The predicted molar refractivity (Wildman–Crippen MR) is 44.8 cm³/mol. The summed E-state index contributed by atoms with van der Waals surface area (Å²) in [6.45, 7) is 1.89. The summed E-state index contributed by atoms with van der Waals surface area (Å²) >= 11 is 0. The Morgan fingerprint density at radius 2 is 2.23 bits per heavy atom. The van der Waals surface area contributed by atoms with Gasteiger partial charge < -0.3 is 9.84 Å². The lowest BCUT2D eigenvalue weighted by atomic mass is 10.1. The number of carboxylic acids is 1. The molecular formula is C9H8O4. The number of carboxylic acid groups (broad SMARTS) is 1. The van der Waals surface area contributed by atoms with Crippen LogP contribution in [0, 0.1) is 6.92 Å². The standard InChI is InChI=1S/C9H8O4/c1-6-3-2-4-7(9(11)12)8(6)13-5-10/h2-5H,1H3,(H,11,12). The number of ether oxygens (including phenoxy) is 1. The molecule has 0 spiro atoms. The van der Waals surface area contributed by atoms with Gasteiger partial charge in [-0.25, -0.2) is 4.79 Å². The van der Waals surface area contributed by atoms with Crippen LogP contribution in [0.2, 0.25) is 0 Å². The van der Waals surface area contributed by atoms with Gasteiger partial charge >= 0.3 is 5.97 Å². The van der Waals surface area contributed by atoms with Gasteiger partial charge in [0.2, 0.25) is 0 Å². The molecule has 0 heterocycles. The van der Waals surface area contributed by atoms with Crippen molar-refractivity contribution in [3.63, 3.8) is 0 Å². The molecule has 1 N–H and O–H groups in total. The Balaban J connectivity index is 3.24. The Morgan fingerprint density at radius 1 is 1.54 bits per heavy atom. The second-order valence-corrected chi connectivity index (χ2v) is 2.47. The Labute approximate surface area is 74.8 Å². The minimum absolute atomic E-state index is 0.00731. The Kier molecular flexibility index (Phi) is 2.64. The minimum Gasteiger partial charge on any atom is -0.478 e. The van der Waals surface area contributed by atoms with Gasteiger partial charge in [0.15, 0.2) is 0 Å². The monoisotopic (exact) mass is 180 g/mol. The molecule has 0 fully saturated rings. The molecule has 0 unspecified atom stereocenters. The van der Waals surface area contributed by atoms with Crippen molar-refractivity contribution in [3.05, 3.63) is 29.3 Å². The van der Waals surface area contributed by atoms with Gasteiger partial charge in [-0.2, -0.15) is 0 Å².